The third kappa shape index (κ3) is 3.33. The molecule has 4 rings (SSSR count). The highest BCUT2D eigenvalue weighted by molar-refractivity contribution is 5.79. The van der Waals surface area contributed by atoms with E-state index in [1.807, 2.05) is 24.3 Å². The lowest BCUT2D eigenvalue weighted by Gasteiger charge is -2.14. The summed E-state index contributed by atoms with van der Waals surface area (Å²) in [7, 11) is 0. The number of rotatable bonds is 4. The van der Waals surface area contributed by atoms with Crippen molar-refractivity contribution in [1.29, 1.82) is 0 Å². The van der Waals surface area contributed by atoms with E-state index in [0.29, 0.717) is 18.3 Å². The molecule has 0 aliphatic carbocycles. The van der Waals surface area contributed by atoms with Crippen LogP contribution in [0.4, 0.5) is 34.6 Å². The third-order valence-electron chi connectivity index (χ3n) is 3.97. The Labute approximate surface area is 146 Å². The normalized spacial score (nSPS) is 12.1. The Morgan fingerprint density at radius 1 is 0.760 bits per heavy atom. The van der Waals surface area contributed by atoms with Crippen molar-refractivity contribution in [2.24, 2.45) is 0 Å². The van der Waals surface area contributed by atoms with Crippen molar-refractivity contribution in [3.8, 4) is 0 Å². The first kappa shape index (κ1) is 15.3. The van der Waals surface area contributed by atoms with Crippen LogP contribution in [-0.4, -0.2) is 16.6 Å². The minimum Gasteiger partial charge on any atom is -0.350 e. The number of aromatic nitrogens is 2. The van der Waals surface area contributed by atoms with E-state index in [2.05, 4.69) is 69.3 Å². The monoisotopic (exact) mass is 332 g/mol. The van der Waals surface area contributed by atoms with Crippen LogP contribution in [0.25, 0.3) is 0 Å². The van der Waals surface area contributed by atoms with Gasteiger partial charge in [-0.1, -0.05) is 24.3 Å². The summed E-state index contributed by atoms with van der Waals surface area (Å²) in [4.78, 5) is 9.37. The average Bonchev–Trinajstić information content (AvgIpc) is 3.02. The number of hydrogen-bond acceptors (Lipinski definition) is 6. The standard InChI is InChI=1S/C19H20N6/c1-12-5-3-7-14(9-12)22-18-19(23-15-8-4-6-13(2)10-15)25-17-16(24-18)20-11-21-17/h3-10H,11H2,1-2H3,(H2,20,22,24)(H2,21,23,25). The molecule has 1 aliphatic heterocycles. The summed E-state index contributed by atoms with van der Waals surface area (Å²) >= 11 is 0. The quantitative estimate of drug-likeness (QED) is 0.568. The lowest BCUT2D eigenvalue weighted by atomic mass is 10.2. The van der Waals surface area contributed by atoms with Gasteiger partial charge in [0.15, 0.2) is 23.3 Å². The van der Waals surface area contributed by atoms with Gasteiger partial charge >= 0.3 is 0 Å². The maximum Gasteiger partial charge on any atom is 0.176 e. The van der Waals surface area contributed by atoms with Crippen LogP contribution in [0.15, 0.2) is 48.5 Å². The fourth-order valence-electron chi connectivity index (χ4n) is 2.79. The predicted octanol–water partition coefficient (Wildman–Crippen LogP) is 4.38. The summed E-state index contributed by atoms with van der Waals surface area (Å²) in [5.41, 5.74) is 4.33. The van der Waals surface area contributed by atoms with E-state index in [1.54, 1.807) is 0 Å². The zero-order valence-electron chi connectivity index (χ0n) is 14.2. The SMILES string of the molecule is Cc1cccc(Nc2nc3c(nc2Nc2cccc(C)c2)NCN3)c1. The number of aryl methyl sites for hydroxylation is 2. The van der Waals surface area contributed by atoms with Crippen molar-refractivity contribution in [3.05, 3.63) is 59.7 Å². The molecule has 126 valence electrons. The van der Waals surface area contributed by atoms with Gasteiger partial charge in [-0.2, -0.15) is 0 Å². The van der Waals surface area contributed by atoms with E-state index in [1.165, 1.54) is 11.1 Å². The summed E-state index contributed by atoms with van der Waals surface area (Å²) in [6.45, 7) is 4.76. The zero-order valence-corrected chi connectivity index (χ0v) is 14.2. The van der Waals surface area contributed by atoms with Gasteiger partial charge < -0.3 is 21.3 Å². The Morgan fingerprint density at radius 2 is 1.24 bits per heavy atom. The van der Waals surface area contributed by atoms with Gasteiger partial charge in [0, 0.05) is 11.4 Å². The number of hydrogen-bond donors (Lipinski definition) is 4. The van der Waals surface area contributed by atoms with Crippen molar-refractivity contribution < 1.29 is 0 Å². The lowest BCUT2D eigenvalue weighted by molar-refractivity contribution is 1.22. The Bertz CT molecular complexity index is 847. The van der Waals surface area contributed by atoms with Crippen molar-refractivity contribution in [1.82, 2.24) is 9.97 Å². The van der Waals surface area contributed by atoms with Gasteiger partial charge in [0.1, 0.15) is 0 Å². The van der Waals surface area contributed by atoms with E-state index in [9.17, 15) is 0 Å². The molecular weight excluding hydrogens is 312 g/mol. The van der Waals surface area contributed by atoms with Crippen LogP contribution in [0.5, 0.6) is 0 Å². The fraction of sp³-hybridized carbons (Fsp3) is 0.158. The molecule has 0 radical (unpaired) electrons. The molecule has 4 N–H and O–H groups in total. The average molecular weight is 332 g/mol. The van der Waals surface area contributed by atoms with E-state index >= 15 is 0 Å². The second kappa shape index (κ2) is 6.32. The summed E-state index contributed by atoms with van der Waals surface area (Å²) in [5.74, 6) is 2.87. The molecule has 0 saturated carbocycles. The van der Waals surface area contributed by atoms with Crippen LogP contribution in [0.1, 0.15) is 11.1 Å². The highest BCUT2D eigenvalue weighted by Gasteiger charge is 2.18. The molecule has 0 atom stereocenters. The second-order valence-corrected chi connectivity index (χ2v) is 6.14. The Kier molecular flexibility index (Phi) is 3.85. The van der Waals surface area contributed by atoms with Crippen molar-refractivity contribution >= 4 is 34.6 Å². The molecule has 0 fully saturated rings. The molecule has 1 aromatic heterocycles. The van der Waals surface area contributed by atoms with E-state index in [4.69, 9.17) is 0 Å². The number of anilines is 6. The first-order valence-corrected chi connectivity index (χ1v) is 8.24. The van der Waals surface area contributed by atoms with Crippen LogP contribution >= 0.6 is 0 Å². The molecule has 0 spiro atoms. The number of fused-ring (bicyclic) bond motifs is 1. The molecule has 6 nitrogen and oxygen atoms in total. The van der Waals surface area contributed by atoms with Crippen LogP contribution in [-0.2, 0) is 0 Å². The summed E-state index contributed by atoms with van der Waals surface area (Å²) in [6, 6.07) is 16.4. The van der Waals surface area contributed by atoms with Crippen LogP contribution in [0.3, 0.4) is 0 Å². The van der Waals surface area contributed by atoms with Crippen LogP contribution in [0.2, 0.25) is 0 Å². The summed E-state index contributed by atoms with van der Waals surface area (Å²) in [5, 5.41) is 13.1. The Balaban J connectivity index is 1.71. The summed E-state index contributed by atoms with van der Waals surface area (Å²) in [6.07, 6.45) is 0. The first-order valence-electron chi connectivity index (χ1n) is 8.24. The largest absolute Gasteiger partial charge is 0.350 e. The minimum atomic E-state index is 0.632. The third-order valence-corrected chi connectivity index (χ3v) is 3.97. The van der Waals surface area contributed by atoms with E-state index < -0.39 is 0 Å². The molecule has 0 unspecified atom stereocenters. The summed E-state index contributed by atoms with van der Waals surface area (Å²) < 4.78 is 0. The van der Waals surface area contributed by atoms with Crippen molar-refractivity contribution in [2.75, 3.05) is 27.9 Å². The molecule has 0 amide bonds. The molecule has 6 heteroatoms. The maximum atomic E-state index is 4.69. The fourth-order valence-corrected chi connectivity index (χ4v) is 2.79. The predicted molar refractivity (Wildman–Crippen MR) is 103 cm³/mol. The molecule has 25 heavy (non-hydrogen) atoms. The smallest absolute Gasteiger partial charge is 0.176 e. The molecule has 3 aromatic rings. The molecule has 0 saturated heterocycles. The topological polar surface area (TPSA) is 73.9 Å². The Morgan fingerprint density at radius 3 is 1.68 bits per heavy atom. The van der Waals surface area contributed by atoms with Crippen molar-refractivity contribution in [3.63, 3.8) is 0 Å². The maximum absolute atomic E-state index is 4.69. The van der Waals surface area contributed by atoms with Crippen LogP contribution < -0.4 is 21.3 Å². The van der Waals surface area contributed by atoms with Gasteiger partial charge in [-0.25, -0.2) is 9.97 Å². The molecule has 2 aromatic carbocycles. The van der Waals surface area contributed by atoms with Gasteiger partial charge in [-0.15, -0.1) is 0 Å². The minimum absolute atomic E-state index is 0.632. The van der Waals surface area contributed by atoms with Gasteiger partial charge in [-0.3, -0.25) is 0 Å². The van der Waals surface area contributed by atoms with Crippen molar-refractivity contribution in [2.45, 2.75) is 13.8 Å². The number of nitrogens with one attached hydrogen (secondary N) is 4. The van der Waals surface area contributed by atoms with Gasteiger partial charge in [0.2, 0.25) is 0 Å². The lowest BCUT2D eigenvalue weighted by Crippen LogP contribution is -2.04. The highest BCUT2D eigenvalue weighted by Crippen LogP contribution is 2.32. The van der Waals surface area contributed by atoms with E-state index in [0.717, 1.165) is 23.0 Å². The van der Waals surface area contributed by atoms with Crippen LogP contribution in [0, 0.1) is 13.8 Å². The number of nitrogens with zero attached hydrogens (tertiary/aromatic N) is 2. The molecular formula is C19H20N6. The van der Waals surface area contributed by atoms with E-state index in [-0.39, 0.29) is 0 Å². The molecule has 2 heterocycles. The van der Waals surface area contributed by atoms with Gasteiger partial charge in [0.25, 0.3) is 0 Å². The zero-order chi connectivity index (χ0) is 17.2. The van der Waals surface area contributed by atoms with Gasteiger partial charge in [0.05, 0.1) is 6.67 Å². The number of benzene rings is 2. The van der Waals surface area contributed by atoms with Gasteiger partial charge in [-0.05, 0) is 49.2 Å². The molecule has 0 bridgehead atoms. The Hall–Kier alpha value is -3.28. The first-order chi connectivity index (χ1) is 12.2. The molecule has 1 aliphatic rings. The highest BCUT2D eigenvalue weighted by atomic mass is 15.3. The second-order valence-electron chi connectivity index (χ2n) is 6.14.